The molecule has 0 aliphatic carbocycles. The van der Waals surface area contributed by atoms with E-state index in [0.717, 1.165) is 0 Å². The number of carbonyl (C=O) groups excluding carboxylic acids is 1. The number of nitro benzene ring substituents is 1. The van der Waals surface area contributed by atoms with Gasteiger partial charge >= 0.3 is 0 Å². The summed E-state index contributed by atoms with van der Waals surface area (Å²) in [6, 6.07) is 3.75. The molecular weight excluding hydrogens is 184 g/mol. The van der Waals surface area contributed by atoms with Gasteiger partial charge in [0, 0.05) is 23.4 Å². The third-order valence-electron chi connectivity index (χ3n) is 1.31. The van der Waals surface area contributed by atoms with Crippen LogP contribution in [0.15, 0.2) is 18.2 Å². The maximum atomic E-state index is 10.3. The van der Waals surface area contributed by atoms with Crippen molar-refractivity contribution in [1.29, 1.82) is 0 Å². The molecule has 0 amide bonds. The Morgan fingerprint density at radius 3 is 2.36 bits per heavy atom. The Bertz CT molecular complexity index is 337. The van der Waals surface area contributed by atoms with Crippen molar-refractivity contribution in [3.05, 3.63) is 33.9 Å². The van der Waals surface area contributed by atoms with Gasteiger partial charge in [-0.1, -0.05) is 13.8 Å². The lowest BCUT2D eigenvalue weighted by Gasteiger charge is -1.95. The standard InChI is InChI=1S/C7H6N2O3.C2H6/c8-6-1-5(4-10)2-7(3-6)9(11)12;1-2/h1-4H,8H2;1-2H3. The fourth-order valence-corrected chi connectivity index (χ4v) is 0.832. The summed E-state index contributed by atoms with van der Waals surface area (Å²) in [7, 11) is 0. The Labute approximate surface area is 81.7 Å². The smallest absolute Gasteiger partial charge is 0.272 e. The van der Waals surface area contributed by atoms with Crippen LogP contribution in [0.5, 0.6) is 0 Å². The zero-order valence-corrected chi connectivity index (χ0v) is 8.06. The van der Waals surface area contributed by atoms with Crippen LogP contribution >= 0.6 is 0 Å². The monoisotopic (exact) mass is 196 g/mol. The lowest BCUT2D eigenvalue weighted by Crippen LogP contribution is -1.93. The molecule has 0 aromatic heterocycles. The molecule has 0 radical (unpaired) electrons. The van der Waals surface area contributed by atoms with Crippen molar-refractivity contribution in [2.75, 3.05) is 5.73 Å². The molecule has 0 atom stereocenters. The lowest BCUT2D eigenvalue weighted by atomic mass is 10.2. The summed E-state index contributed by atoms with van der Waals surface area (Å²) < 4.78 is 0. The van der Waals surface area contributed by atoms with Gasteiger partial charge in [-0.05, 0) is 6.07 Å². The highest BCUT2D eigenvalue weighted by Gasteiger charge is 2.07. The summed E-state index contributed by atoms with van der Waals surface area (Å²) >= 11 is 0. The first-order valence-electron chi connectivity index (χ1n) is 4.13. The quantitative estimate of drug-likeness (QED) is 0.339. The first-order chi connectivity index (χ1) is 6.63. The van der Waals surface area contributed by atoms with Gasteiger partial charge in [0.15, 0.2) is 0 Å². The number of hydrogen-bond donors (Lipinski definition) is 1. The molecule has 0 bridgehead atoms. The van der Waals surface area contributed by atoms with Crippen molar-refractivity contribution in [2.24, 2.45) is 0 Å². The Balaban J connectivity index is 0.000000791. The normalized spacial score (nSPS) is 8.43. The van der Waals surface area contributed by atoms with Gasteiger partial charge in [-0.15, -0.1) is 0 Å². The van der Waals surface area contributed by atoms with Crippen molar-refractivity contribution in [3.63, 3.8) is 0 Å². The SMILES string of the molecule is CC.Nc1cc(C=O)cc([N+](=O)[O-])c1. The molecular formula is C9H12N2O3. The van der Waals surface area contributed by atoms with Crippen LogP contribution in [0.2, 0.25) is 0 Å². The van der Waals surface area contributed by atoms with Gasteiger partial charge in [-0.3, -0.25) is 14.9 Å². The van der Waals surface area contributed by atoms with Gasteiger partial charge in [0.25, 0.3) is 5.69 Å². The Kier molecular flexibility index (Phi) is 4.91. The maximum Gasteiger partial charge on any atom is 0.272 e. The highest BCUT2D eigenvalue weighted by molar-refractivity contribution is 5.78. The summed E-state index contributed by atoms with van der Waals surface area (Å²) in [6.45, 7) is 4.00. The second-order valence-corrected chi connectivity index (χ2v) is 2.23. The van der Waals surface area contributed by atoms with Crippen molar-refractivity contribution >= 4 is 17.7 Å². The van der Waals surface area contributed by atoms with Crippen LogP contribution in [-0.2, 0) is 0 Å². The Morgan fingerprint density at radius 1 is 1.36 bits per heavy atom. The van der Waals surface area contributed by atoms with Crippen molar-refractivity contribution in [3.8, 4) is 0 Å². The highest BCUT2D eigenvalue weighted by atomic mass is 16.6. The summed E-state index contributed by atoms with van der Waals surface area (Å²) in [5.74, 6) is 0. The van der Waals surface area contributed by atoms with E-state index in [1.807, 2.05) is 13.8 Å². The Hall–Kier alpha value is -1.91. The minimum absolute atomic E-state index is 0.169. The van der Waals surface area contributed by atoms with E-state index >= 15 is 0 Å². The van der Waals surface area contributed by atoms with E-state index in [1.165, 1.54) is 18.2 Å². The van der Waals surface area contributed by atoms with Gasteiger partial charge in [0.1, 0.15) is 6.29 Å². The highest BCUT2D eigenvalue weighted by Crippen LogP contribution is 2.17. The summed E-state index contributed by atoms with van der Waals surface area (Å²) in [5, 5.41) is 10.3. The van der Waals surface area contributed by atoms with Crippen LogP contribution in [0.1, 0.15) is 24.2 Å². The topological polar surface area (TPSA) is 86.2 Å². The molecule has 5 nitrogen and oxygen atoms in total. The average molecular weight is 196 g/mol. The van der Waals surface area contributed by atoms with Crippen LogP contribution in [0.4, 0.5) is 11.4 Å². The summed E-state index contributed by atoms with van der Waals surface area (Å²) in [5.41, 5.74) is 5.56. The minimum Gasteiger partial charge on any atom is -0.399 e. The molecule has 14 heavy (non-hydrogen) atoms. The number of aldehydes is 1. The second-order valence-electron chi connectivity index (χ2n) is 2.23. The van der Waals surface area contributed by atoms with Crippen molar-refractivity contribution in [2.45, 2.75) is 13.8 Å². The first-order valence-corrected chi connectivity index (χ1v) is 4.13. The molecule has 0 aliphatic rings. The van der Waals surface area contributed by atoms with Crippen LogP contribution in [0, 0.1) is 10.1 Å². The lowest BCUT2D eigenvalue weighted by molar-refractivity contribution is -0.384. The van der Waals surface area contributed by atoms with E-state index in [-0.39, 0.29) is 16.9 Å². The summed E-state index contributed by atoms with van der Waals surface area (Å²) in [6.07, 6.45) is 0.517. The molecule has 0 aliphatic heterocycles. The second kappa shape index (κ2) is 5.69. The van der Waals surface area contributed by atoms with Gasteiger partial charge in [-0.2, -0.15) is 0 Å². The van der Waals surface area contributed by atoms with E-state index in [2.05, 4.69) is 0 Å². The number of non-ortho nitro benzene ring substituents is 1. The minimum atomic E-state index is -0.594. The van der Waals surface area contributed by atoms with Gasteiger partial charge in [0.2, 0.25) is 0 Å². The zero-order chi connectivity index (χ0) is 11.1. The van der Waals surface area contributed by atoms with Gasteiger partial charge < -0.3 is 5.73 Å². The first kappa shape index (κ1) is 12.1. The third kappa shape index (κ3) is 3.22. The molecule has 0 saturated carbocycles. The van der Waals surface area contributed by atoms with E-state index in [0.29, 0.717) is 6.29 Å². The molecule has 5 heteroatoms. The molecule has 76 valence electrons. The van der Waals surface area contributed by atoms with E-state index in [1.54, 1.807) is 0 Å². The molecule has 0 heterocycles. The number of nitrogens with two attached hydrogens (primary N) is 1. The fourth-order valence-electron chi connectivity index (χ4n) is 0.832. The van der Waals surface area contributed by atoms with Crippen molar-refractivity contribution in [1.82, 2.24) is 0 Å². The Morgan fingerprint density at radius 2 is 1.93 bits per heavy atom. The molecule has 1 aromatic carbocycles. The van der Waals surface area contributed by atoms with Crippen LogP contribution in [0.3, 0.4) is 0 Å². The number of hydrogen-bond acceptors (Lipinski definition) is 4. The number of rotatable bonds is 2. The number of nitrogens with zero attached hydrogens (tertiary/aromatic N) is 1. The van der Waals surface area contributed by atoms with E-state index < -0.39 is 4.92 Å². The fraction of sp³-hybridized carbons (Fsp3) is 0.222. The average Bonchev–Trinajstić information content (AvgIpc) is 2.20. The van der Waals surface area contributed by atoms with Gasteiger partial charge in [-0.25, -0.2) is 0 Å². The molecule has 2 N–H and O–H groups in total. The van der Waals surface area contributed by atoms with Crippen LogP contribution < -0.4 is 5.73 Å². The van der Waals surface area contributed by atoms with Crippen molar-refractivity contribution < 1.29 is 9.72 Å². The third-order valence-corrected chi connectivity index (χ3v) is 1.31. The maximum absolute atomic E-state index is 10.3. The number of nitrogen functional groups attached to an aromatic ring is 1. The number of anilines is 1. The van der Waals surface area contributed by atoms with Crippen LogP contribution in [-0.4, -0.2) is 11.2 Å². The zero-order valence-electron chi connectivity index (χ0n) is 8.06. The van der Waals surface area contributed by atoms with E-state index in [9.17, 15) is 14.9 Å². The van der Waals surface area contributed by atoms with E-state index in [4.69, 9.17) is 5.73 Å². The molecule has 0 saturated heterocycles. The number of nitro groups is 1. The molecule has 0 unspecified atom stereocenters. The predicted octanol–water partition coefficient (Wildman–Crippen LogP) is 2.02. The largest absolute Gasteiger partial charge is 0.399 e. The predicted molar refractivity (Wildman–Crippen MR) is 54.2 cm³/mol. The van der Waals surface area contributed by atoms with Gasteiger partial charge in [0.05, 0.1) is 4.92 Å². The number of benzene rings is 1. The molecule has 1 rings (SSSR count). The van der Waals surface area contributed by atoms with Crippen LogP contribution in [0.25, 0.3) is 0 Å². The summed E-state index contributed by atoms with van der Waals surface area (Å²) in [4.78, 5) is 19.9. The molecule has 0 fully saturated rings. The molecule has 0 spiro atoms. The number of carbonyl (C=O) groups is 1. The molecule has 1 aromatic rings.